The molecule has 1 heterocycles. The lowest BCUT2D eigenvalue weighted by Crippen LogP contribution is -2.09. The van der Waals surface area contributed by atoms with Crippen LogP contribution < -0.4 is 4.74 Å². The minimum absolute atomic E-state index is 0.0598. The van der Waals surface area contributed by atoms with Crippen LogP contribution in [-0.4, -0.2) is 20.9 Å². The monoisotopic (exact) mass is 424 g/mol. The van der Waals surface area contributed by atoms with Crippen LogP contribution in [0.25, 0.3) is 0 Å². The predicted molar refractivity (Wildman–Crippen MR) is 99.6 cm³/mol. The van der Waals surface area contributed by atoms with Gasteiger partial charge < -0.3 is 9.84 Å². The summed E-state index contributed by atoms with van der Waals surface area (Å²) in [5.74, 6) is -3.80. The average Bonchev–Trinajstić information content (AvgIpc) is 3.02. The Kier molecular flexibility index (Phi) is 6.12. The summed E-state index contributed by atoms with van der Waals surface area (Å²) in [4.78, 5) is 11.0. The Balaban J connectivity index is 1.65. The van der Waals surface area contributed by atoms with E-state index in [0.29, 0.717) is 23.6 Å². The van der Waals surface area contributed by atoms with Crippen LogP contribution in [0.3, 0.4) is 0 Å². The zero-order valence-corrected chi connectivity index (χ0v) is 16.0. The molecule has 0 aliphatic heterocycles. The molecule has 0 bridgehead atoms. The van der Waals surface area contributed by atoms with Gasteiger partial charge in [-0.2, -0.15) is 5.10 Å². The minimum Gasteiger partial charge on any atom is -0.489 e. The molecule has 1 unspecified atom stereocenters. The van der Waals surface area contributed by atoms with Crippen LogP contribution in [0.4, 0.5) is 13.2 Å². The Morgan fingerprint density at radius 2 is 1.79 bits per heavy atom. The SMILES string of the molecule is Cc1cc(C(=O)O)nn1CC(Cl)c1ccc(OCc2c(F)cc(F)cc2F)cc1. The van der Waals surface area contributed by atoms with Crippen molar-refractivity contribution >= 4 is 17.6 Å². The van der Waals surface area contributed by atoms with Gasteiger partial charge in [-0.25, -0.2) is 18.0 Å². The molecule has 0 radical (unpaired) electrons. The van der Waals surface area contributed by atoms with Crippen molar-refractivity contribution in [3.8, 4) is 5.75 Å². The maximum atomic E-state index is 13.7. The van der Waals surface area contributed by atoms with E-state index in [1.807, 2.05) is 0 Å². The number of carbonyl (C=O) groups is 1. The van der Waals surface area contributed by atoms with Gasteiger partial charge >= 0.3 is 5.97 Å². The van der Waals surface area contributed by atoms with E-state index < -0.39 is 35.4 Å². The van der Waals surface area contributed by atoms with Crippen molar-refractivity contribution in [2.45, 2.75) is 25.5 Å². The van der Waals surface area contributed by atoms with Gasteiger partial charge in [0.05, 0.1) is 17.5 Å². The summed E-state index contributed by atoms with van der Waals surface area (Å²) in [5.41, 5.74) is 0.964. The second-order valence-corrected chi connectivity index (χ2v) is 6.86. The summed E-state index contributed by atoms with van der Waals surface area (Å²) in [7, 11) is 0. The third-order valence-electron chi connectivity index (χ3n) is 4.26. The molecule has 1 aromatic heterocycles. The second-order valence-electron chi connectivity index (χ2n) is 6.33. The fourth-order valence-electron chi connectivity index (χ4n) is 2.70. The van der Waals surface area contributed by atoms with Crippen LogP contribution >= 0.6 is 11.6 Å². The second kappa shape index (κ2) is 8.57. The summed E-state index contributed by atoms with van der Waals surface area (Å²) in [6.45, 7) is 1.59. The fraction of sp³-hybridized carbons (Fsp3) is 0.200. The van der Waals surface area contributed by atoms with Crippen LogP contribution in [0, 0.1) is 24.4 Å². The highest BCUT2D eigenvalue weighted by Gasteiger charge is 2.16. The summed E-state index contributed by atoms with van der Waals surface area (Å²) in [5, 5.41) is 12.5. The van der Waals surface area contributed by atoms with Crippen LogP contribution in [0.15, 0.2) is 42.5 Å². The molecule has 0 spiro atoms. The molecule has 3 rings (SSSR count). The van der Waals surface area contributed by atoms with E-state index in [2.05, 4.69) is 5.10 Å². The number of carboxylic acids is 1. The number of aromatic carboxylic acids is 1. The Morgan fingerprint density at radius 3 is 2.34 bits per heavy atom. The van der Waals surface area contributed by atoms with Gasteiger partial charge in [0.25, 0.3) is 0 Å². The predicted octanol–water partition coefficient (Wildman–Crippen LogP) is 4.87. The summed E-state index contributed by atoms with van der Waals surface area (Å²) < 4.78 is 47.1. The lowest BCUT2D eigenvalue weighted by atomic mass is 10.1. The van der Waals surface area contributed by atoms with Gasteiger partial charge in [-0.1, -0.05) is 12.1 Å². The first-order chi connectivity index (χ1) is 13.7. The number of aryl methyl sites for hydroxylation is 1. The lowest BCUT2D eigenvalue weighted by molar-refractivity contribution is 0.0689. The van der Waals surface area contributed by atoms with Crippen LogP contribution in [0.1, 0.15) is 32.7 Å². The standard InChI is InChI=1S/C20H16ClF3N2O3/c1-11-6-19(20(27)28)25-26(11)9-16(21)12-2-4-14(5-3-12)29-10-15-17(23)7-13(22)8-18(15)24/h2-8,16H,9-10H2,1H3,(H,27,28). The van der Waals surface area contributed by atoms with Crippen molar-refractivity contribution in [2.75, 3.05) is 0 Å². The van der Waals surface area contributed by atoms with E-state index in [0.717, 1.165) is 5.56 Å². The smallest absolute Gasteiger partial charge is 0.356 e. The maximum Gasteiger partial charge on any atom is 0.356 e. The van der Waals surface area contributed by atoms with Crippen molar-refractivity contribution in [1.82, 2.24) is 9.78 Å². The van der Waals surface area contributed by atoms with Crippen LogP contribution in [0.2, 0.25) is 0 Å². The number of halogens is 4. The number of aromatic nitrogens is 2. The molecular formula is C20H16ClF3N2O3. The third kappa shape index (κ3) is 4.89. The molecule has 3 aromatic rings. The number of benzene rings is 2. The number of rotatable bonds is 7. The van der Waals surface area contributed by atoms with Crippen LogP contribution in [0.5, 0.6) is 5.75 Å². The number of hydrogen-bond donors (Lipinski definition) is 1. The molecule has 0 aliphatic rings. The van der Waals surface area contributed by atoms with Crippen molar-refractivity contribution in [1.29, 1.82) is 0 Å². The molecule has 5 nitrogen and oxygen atoms in total. The zero-order valence-electron chi connectivity index (χ0n) is 15.2. The average molecular weight is 425 g/mol. The molecule has 0 fully saturated rings. The fourth-order valence-corrected chi connectivity index (χ4v) is 2.97. The zero-order chi connectivity index (χ0) is 21.1. The topological polar surface area (TPSA) is 64.3 Å². The molecule has 29 heavy (non-hydrogen) atoms. The van der Waals surface area contributed by atoms with E-state index in [-0.39, 0.29) is 17.8 Å². The molecule has 1 N–H and O–H groups in total. The molecule has 0 saturated heterocycles. The van der Waals surface area contributed by atoms with Gasteiger partial charge in [-0.05, 0) is 30.7 Å². The number of carboxylic acid groups (broad SMARTS) is 1. The van der Waals surface area contributed by atoms with Gasteiger partial charge in [0.2, 0.25) is 0 Å². The quantitative estimate of drug-likeness (QED) is 0.550. The first kappa shape index (κ1) is 20.7. The Labute approximate surface area is 169 Å². The van der Waals surface area contributed by atoms with Gasteiger partial charge in [0.15, 0.2) is 5.69 Å². The van der Waals surface area contributed by atoms with Gasteiger partial charge in [0.1, 0.15) is 29.8 Å². The molecule has 2 aromatic carbocycles. The van der Waals surface area contributed by atoms with Crippen molar-refractivity contribution in [2.24, 2.45) is 0 Å². The van der Waals surface area contributed by atoms with Gasteiger partial charge in [-0.15, -0.1) is 11.6 Å². The minimum atomic E-state index is -1.12. The van der Waals surface area contributed by atoms with Gasteiger partial charge in [-0.3, -0.25) is 4.68 Å². The largest absolute Gasteiger partial charge is 0.489 e. The highest BCUT2D eigenvalue weighted by atomic mass is 35.5. The van der Waals surface area contributed by atoms with E-state index in [1.54, 1.807) is 31.2 Å². The molecule has 0 saturated carbocycles. The molecule has 1 atom stereocenters. The number of nitrogens with zero attached hydrogens (tertiary/aromatic N) is 2. The summed E-state index contributed by atoms with van der Waals surface area (Å²) in [6, 6.07) is 9.18. The molecule has 9 heteroatoms. The number of ether oxygens (including phenoxy) is 1. The highest BCUT2D eigenvalue weighted by Crippen LogP contribution is 2.26. The van der Waals surface area contributed by atoms with Crippen molar-refractivity contribution in [3.05, 3.63) is 82.4 Å². The Bertz CT molecular complexity index is 1010. The number of alkyl halides is 1. The van der Waals surface area contributed by atoms with Crippen molar-refractivity contribution in [3.63, 3.8) is 0 Å². The third-order valence-corrected chi connectivity index (χ3v) is 4.65. The highest BCUT2D eigenvalue weighted by molar-refractivity contribution is 6.20. The van der Waals surface area contributed by atoms with E-state index in [4.69, 9.17) is 21.4 Å². The Hall–Kier alpha value is -3.00. The maximum absolute atomic E-state index is 13.7. The lowest BCUT2D eigenvalue weighted by Gasteiger charge is -2.13. The van der Waals surface area contributed by atoms with E-state index in [1.165, 1.54) is 10.7 Å². The summed E-state index contributed by atoms with van der Waals surface area (Å²) >= 11 is 6.40. The normalized spacial score (nSPS) is 12.0. The Morgan fingerprint density at radius 1 is 1.17 bits per heavy atom. The van der Waals surface area contributed by atoms with E-state index in [9.17, 15) is 18.0 Å². The molecular weight excluding hydrogens is 409 g/mol. The van der Waals surface area contributed by atoms with Crippen molar-refractivity contribution < 1.29 is 27.8 Å². The molecule has 0 amide bonds. The van der Waals surface area contributed by atoms with Crippen LogP contribution in [-0.2, 0) is 13.2 Å². The van der Waals surface area contributed by atoms with E-state index >= 15 is 0 Å². The summed E-state index contributed by atoms with van der Waals surface area (Å²) in [6.07, 6.45) is 0. The van der Waals surface area contributed by atoms with Gasteiger partial charge in [0, 0.05) is 17.8 Å². The molecule has 152 valence electrons. The molecule has 0 aliphatic carbocycles. The first-order valence-corrected chi connectivity index (χ1v) is 8.96. The first-order valence-electron chi connectivity index (χ1n) is 8.52. The number of hydrogen-bond acceptors (Lipinski definition) is 3.